The fourth-order valence-corrected chi connectivity index (χ4v) is 2.79. The van der Waals surface area contributed by atoms with Crippen LogP contribution in [0.3, 0.4) is 0 Å². The van der Waals surface area contributed by atoms with Gasteiger partial charge in [-0.2, -0.15) is 0 Å². The van der Waals surface area contributed by atoms with Gasteiger partial charge in [-0.1, -0.05) is 6.07 Å². The molecule has 1 unspecified atom stereocenters. The zero-order valence-electron chi connectivity index (χ0n) is 12.9. The number of hydrogen-bond donors (Lipinski definition) is 2. The minimum absolute atomic E-state index is 0.123. The van der Waals surface area contributed by atoms with Crippen molar-refractivity contribution < 1.29 is 22.8 Å². The second kappa shape index (κ2) is 6.46. The molecule has 1 atom stereocenters. The highest BCUT2D eigenvalue weighted by atomic mass is 19.1. The number of anilines is 2. The normalized spacial score (nSPS) is 17.0. The van der Waals surface area contributed by atoms with Crippen molar-refractivity contribution in [3.63, 3.8) is 0 Å². The van der Waals surface area contributed by atoms with Crippen molar-refractivity contribution in [2.24, 2.45) is 5.73 Å². The van der Waals surface area contributed by atoms with Crippen molar-refractivity contribution in [3.8, 4) is 0 Å². The van der Waals surface area contributed by atoms with Crippen LogP contribution in [0.25, 0.3) is 0 Å². The van der Waals surface area contributed by atoms with E-state index in [1.807, 2.05) is 0 Å². The summed E-state index contributed by atoms with van der Waals surface area (Å²) in [6.45, 7) is 0.123. The fourth-order valence-electron chi connectivity index (χ4n) is 2.79. The Balaban J connectivity index is 1.81. The predicted molar refractivity (Wildman–Crippen MR) is 85.7 cm³/mol. The summed E-state index contributed by atoms with van der Waals surface area (Å²) in [5.41, 5.74) is 4.69. The van der Waals surface area contributed by atoms with Crippen LogP contribution in [0.2, 0.25) is 0 Å². The first kappa shape index (κ1) is 16.8. The van der Waals surface area contributed by atoms with Gasteiger partial charge < -0.3 is 16.0 Å². The Morgan fingerprint density at radius 3 is 2.44 bits per heavy atom. The molecule has 130 valence electrons. The Bertz CT molecular complexity index is 837. The molecule has 3 rings (SSSR count). The monoisotopic (exact) mass is 349 g/mol. The molecule has 3 N–H and O–H groups in total. The van der Waals surface area contributed by atoms with Crippen LogP contribution in [0, 0.1) is 17.5 Å². The Kier molecular flexibility index (Phi) is 4.35. The van der Waals surface area contributed by atoms with Crippen LogP contribution >= 0.6 is 0 Å². The number of para-hydroxylation sites is 1. The summed E-state index contributed by atoms with van der Waals surface area (Å²) >= 11 is 0. The Hall–Kier alpha value is -3.03. The van der Waals surface area contributed by atoms with Gasteiger partial charge in [0.15, 0.2) is 0 Å². The van der Waals surface area contributed by atoms with Crippen molar-refractivity contribution in [3.05, 3.63) is 59.4 Å². The van der Waals surface area contributed by atoms with Crippen LogP contribution < -0.4 is 16.0 Å². The molecule has 2 amide bonds. The van der Waals surface area contributed by atoms with Crippen molar-refractivity contribution in [1.82, 2.24) is 0 Å². The maximum Gasteiger partial charge on any atom is 0.251 e. The SMILES string of the molecule is NC(=O)c1cc(NC2CCN(c3c(F)cccc3F)C2=O)ccc1F. The highest BCUT2D eigenvalue weighted by molar-refractivity contribution is 6.01. The van der Waals surface area contributed by atoms with Crippen LogP contribution in [0.15, 0.2) is 36.4 Å². The molecule has 1 heterocycles. The summed E-state index contributed by atoms with van der Waals surface area (Å²) in [5, 5.41) is 2.84. The largest absolute Gasteiger partial charge is 0.374 e. The lowest BCUT2D eigenvalue weighted by molar-refractivity contribution is -0.117. The predicted octanol–water partition coefficient (Wildman–Crippen LogP) is 2.42. The lowest BCUT2D eigenvalue weighted by Gasteiger charge is -2.19. The number of benzene rings is 2. The van der Waals surface area contributed by atoms with Crippen molar-refractivity contribution in [2.75, 3.05) is 16.8 Å². The fraction of sp³-hybridized carbons (Fsp3) is 0.176. The van der Waals surface area contributed by atoms with E-state index >= 15 is 0 Å². The maximum atomic E-state index is 13.9. The number of carbonyl (C=O) groups is 2. The van der Waals surface area contributed by atoms with Crippen molar-refractivity contribution in [2.45, 2.75) is 12.5 Å². The quantitative estimate of drug-likeness (QED) is 0.890. The van der Waals surface area contributed by atoms with Gasteiger partial charge in [0.25, 0.3) is 5.91 Å². The van der Waals surface area contributed by atoms with E-state index in [0.29, 0.717) is 5.69 Å². The number of primary amides is 1. The van der Waals surface area contributed by atoms with E-state index in [0.717, 1.165) is 23.1 Å². The molecule has 0 aliphatic carbocycles. The number of carbonyl (C=O) groups excluding carboxylic acids is 2. The summed E-state index contributed by atoms with van der Waals surface area (Å²) in [5.74, 6) is -3.88. The summed E-state index contributed by atoms with van der Waals surface area (Å²) < 4.78 is 41.2. The minimum Gasteiger partial charge on any atom is -0.374 e. The van der Waals surface area contributed by atoms with Gasteiger partial charge in [-0.3, -0.25) is 9.59 Å². The molecule has 0 spiro atoms. The zero-order chi connectivity index (χ0) is 18.1. The number of nitrogens with zero attached hydrogens (tertiary/aromatic N) is 1. The summed E-state index contributed by atoms with van der Waals surface area (Å²) in [4.78, 5) is 24.7. The highest BCUT2D eigenvalue weighted by Crippen LogP contribution is 2.29. The Morgan fingerprint density at radius 2 is 1.80 bits per heavy atom. The average Bonchev–Trinajstić information content (AvgIpc) is 2.90. The van der Waals surface area contributed by atoms with Gasteiger partial charge in [0.05, 0.1) is 5.56 Å². The Labute approximate surface area is 141 Å². The number of halogens is 3. The van der Waals surface area contributed by atoms with Crippen LogP contribution in [-0.4, -0.2) is 24.4 Å². The number of amides is 2. The molecule has 0 saturated carbocycles. The smallest absolute Gasteiger partial charge is 0.251 e. The van der Waals surface area contributed by atoms with E-state index in [9.17, 15) is 22.8 Å². The lowest BCUT2D eigenvalue weighted by Crippen LogP contribution is -2.34. The number of nitrogens with one attached hydrogen (secondary N) is 1. The average molecular weight is 349 g/mol. The summed E-state index contributed by atoms with van der Waals surface area (Å²) in [7, 11) is 0. The number of hydrogen-bond acceptors (Lipinski definition) is 3. The molecule has 0 bridgehead atoms. The van der Waals surface area contributed by atoms with E-state index in [1.165, 1.54) is 18.2 Å². The van der Waals surface area contributed by atoms with Gasteiger partial charge in [0.1, 0.15) is 29.2 Å². The summed E-state index contributed by atoms with van der Waals surface area (Å²) in [6.07, 6.45) is 0.288. The molecule has 0 radical (unpaired) electrons. The molecule has 2 aromatic carbocycles. The van der Waals surface area contributed by atoms with Crippen LogP contribution in [-0.2, 0) is 4.79 Å². The third kappa shape index (κ3) is 3.15. The molecule has 1 aliphatic heterocycles. The van der Waals surface area contributed by atoms with Crippen molar-refractivity contribution >= 4 is 23.2 Å². The molecule has 25 heavy (non-hydrogen) atoms. The first-order valence-electron chi connectivity index (χ1n) is 7.49. The Morgan fingerprint density at radius 1 is 1.12 bits per heavy atom. The molecule has 1 aliphatic rings. The van der Waals surface area contributed by atoms with E-state index in [-0.39, 0.29) is 18.5 Å². The molecular formula is C17H14F3N3O2. The van der Waals surface area contributed by atoms with E-state index in [4.69, 9.17) is 5.73 Å². The van der Waals surface area contributed by atoms with E-state index < -0.39 is 41.0 Å². The van der Waals surface area contributed by atoms with Gasteiger partial charge in [-0.05, 0) is 36.8 Å². The zero-order valence-corrected chi connectivity index (χ0v) is 12.9. The highest BCUT2D eigenvalue weighted by Gasteiger charge is 2.35. The maximum absolute atomic E-state index is 13.9. The molecule has 8 heteroatoms. The molecule has 1 fully saturated rings. The van der Waals surface area contributed by atoms with Gasteiger partial charge >= 0.3 is 0 Å². The minimum atomic E-state index is -0.936. The third-order valence-electron chi connectivity index (χ3n) is 3.99. The van der Waals surface area contributed by atoms with Crippen LogP contribution in [0.1, 0.15) is 16.8 Å². The first-order valence-corrected chi connectivity index (χ1v) is 7.49. The third-order valence-corrected chi connectivity index (χ3v) is 3.99. The van der Waals surface area contributed by atoms with Gasteiger partial charge in [0.2, 0.25) is 5.91 Å². The second-order valence-corrected chi connectivity index (χ2v) is 5.60. The van der Waals surface area contributed by atoms with Crippen molar-refractivity contribution in [1.29, 1.82) is 0 Å². The first-order chi connectivity index (χ1) is 11.9. The van der Waals surface area contributed by atoms with Crippen LogP contribution in [0.4, 0.5) is 24.5 Å². The molecular weight excluding hydrogens is 335 g/mol. The van der Waals surface area contributed by atoms with Gasteiger partial charge in [-0.25, -0.2) is 13.2 Å². The molecule has 5 nitrogen and oxygen atoms in total. The summed E-state index contributed by atoms with van der Waals surface area (Å²) in [6, 6.07) is 6.20. The molecule has 0 aromatic heterocycles. The molecule has 1 saturated heterocycles. The van der Waals surface area contributed by atoms with Gasteiger partial charge in [0, 0.05) is 12.2 Å². The number of rotatable bonds is 4. The van der Waals surface area contributed by atoms with E-state index in [1.54, 1.807) is 0 Å². The standard InChI is InChI=1S/C17H14F3N3O2/c18-11-5-4-9(8-10(11)16(21)24)22-14-6-7-23(17(14)25)15-12(19)2-1-3-13(15)20/h1-5,8,14,22H,6-7H2,(H2,21,24). The van der Waals surface area contributed by atoms with Crippen LogP contribution in [0.5, 0.6) is 0 Å². The van der Waals surface area contributed by atoms with Gasteiger partial charge in [-0.15, -0.1) is 0 Å². The lowest BCUT2D eigenvalue weighted by atomic mass is 10.1. The second-order valence-electron chi connectivity index (χ2n) is 5.60. The van der Waals surface area contributed by atoms with E-state index in [2.05, 4.69) is 5.32 Å². The molecule has 2 aromatic rings. The topological polar surface area (TPSA) is 75.4 Å². The number of nitrogens with two attached hydrogens (primary N) is 1.